The first-order valence-corrected chi connectivity index (χ1v) is 4.59. The van der Waals surface area contributed by atoms with Gasteiger partial charge in [-0.1, -0.05) is 0 Å². The van der Waals surface area contributed by atoms with E-state index in [9.17, 15) is 13.2 Å². The molecule has 0 fully saturated rings. The lowest BCUT2D eigenvalue weighted by atomic mass is 10.3. The highest BCUT2D eigenvalue weighted by atomic mass is 19.4. The van der Waals surface area contributed by atoms with Crippen LogP contribution in [0.5, 0.6) is 0 Å². The number of aromatic nitrogens is 2. The van der Waals surface area contributed by atoms with E-state index in [0.29, 0.717) is 11.4 Å². The second kappa shape index (κ2) is 4.65. The van der Waals surface area contributed by atoms with E-state index in [-0.39, 0.29) is 5.82 Å². The molecule has 0 aliphatic heterocycles. The molecule has 1 heterocycles. The number of aryl methyl sites for hydroxylation is 2. The normalized spacial score (nSPS) is 13.6. The molecule has 1 rings (SSSR count). The van der Waals surface area contributed by atoms with E-state index in [1.807, 2.05) is 0 Å². The summed E-state index contributed by atoms with van der Waals surface area (Å²) in [6.07, 6.45) is -5.52. The Kier molecular flexibility index (Phi) is 3.69. The van der Waals surface area contributed by atoms with Crippen LogP contribution in [0.25, 0.3) is 0 Å². The average Bonchev–Trinajstić information content (AvgIpc) is 2.17. The van der Waals surface area contributed by atoms with E-state index in [1.165, 1.54) is 6.20 Å². The van der Waals surface area contributed by atoms with Crippen molar-refractivity contribution in [2.45, 2.75) is 26.1 Å². The fraction of sp³-hybridized carbons (Fsp3) is 0.556. The van der Waals surface area contributed by atoms with Crippen LogP contribution >= 0.6 is 0 Å². The van der Waals surface area contributed by atoms with Gasteiger partial charge in [-0.3, -0.25) is 4.98 Å². The van der Waals surface area contributed by atoms with Gasteiger partial charge in [0.05, 0.1) is 17.9 Å². The van der Waals surface area contributed by atoms with E-state index >= 15 is 0 Å². The Bertz CT molecular complexity index is 368. The Labute approximate surface area is 90.5 Å². The lowest BCUT2D eigenvalue weighted by Crippen LogP contribution is -2.35. The third-order valence-corrected chi connectivity index (χ3v) is 1.92. The highest BCUT2D eigenvalue weighted by molar-refractivity contribution is 5.39. The zero-order valence-electron chi connectivity index (χ0n) is 8.84. The first-order valence-electron chi connectivity index (χ1n) is 4.59. The summed E-state index contributed by atoms with van der Waals surface area (Å²) in [4.78, 5) is 7.91. The number of hydrogen-bond donors (Lipinski definition) is 2. The highest BCUT2D eigenvalue weighted by Gasteiger charge is 2.37. The predicted octanol–water partition coefficient (Wildman–Crippen LogP) is 1.43. The van der Waals surface area contributed by atoms with Crippen molar-refractivity contribution in [2.75, 3.05) is 11.9 Å². The van der Waals surface area contributed by atoms with Gasteiger partial charge in [0, 0.05) is 6.20 Å². The number of alkyl halides is 3. The quantitative estimate of drug-likeness (QED) is 0.832. The molecule has 0 aromatic carbocycles. The molecule has 90 valence electrons. The standard InChI is InChI=1S/C9H12F3N3O/c1-5-3-13-6(2)8(15-5)14-4-7(16)9(10,11)12/h3,7,16H,4H2,1-2H3,(H,14,15). The summed E-state index contributed by atoms with van der Waals surface area (Å²) in [5.41, 5.74) is 1.08. The molecule has 0 radical (unpaired) electrons. The molecule has 0 saturated heterocycles. The third-order valence-electron chi connectivity index (χ3n) is 1.92. The maximum Gasteiger partial charge on any atom is 0.416 e. The molecule has 2 N–H and O–H groups in total. The summed E-state index contributed by atoms with van der Waals surface area (Å²) in [5.74, 6) is 0.253. The Morgan fingerprint density at radius 1 is 1.44 bits per heavy atom. The van der Waals surface area contributed by atoms with Crippen molar-refractivity contribution in [3.05, 3.63) is 17.6 Å². The van der Waals surface area contributed by atoms with Gasteiger partial charge in [0.15, 0.2) is 6.10 Å². The Morgan fingerprint density at radius 3 is 2.62 bits per heavy atom. The fourth-order valence-electron chi connectivity index (χ4n) is 1.01. The average molecular weight is 235 g/mol. The maximum absolute atomic E-state index is 12.0. The van der Waals surface area contributed by atoms with Crippen molar-refractivity contribution in [3.8, 4) is 0 Å². The molecule has 16 heavy (non-hydrogen) atoms. The summed E-state index contributed by atoms with van der Waals surface area (Å²) in [5, 5.41) is 11.2. The summed E-state index contributed by atoms with van der Waals surface area (Å²) < 4.78 is 36.0. The molecular weight excluding hydrogens is 223 g/mol. The highest BCUT2D eigenvalue weighted by Crippen LogP contribution is 2.20. The molecule has 0 aliphatic carbocycles. The second-order valence-electron chi connectivity index (χ2n) is 3.38. The molecule has 1 unspecified atom stereocenters. The SMILES string of the molecule is Cc1cnc(C)c(NCC(O)C(F)(F)F)n1. The van der Waals surface area contributed by atoms with Crippen molar-refractivity contribution >= 4 is 5.82 Å². The Balaban J connectivity index is 2.64. The summed E-state index contributed by atoms with van der Waals surface area (Å²) in [6.45, 7) is 2.66. The Morgan fingerprint density at radius 2 is 2.06 bits per heavy atom. The van der Waals surface area contributed by atoms with Crippen LogP contribution < -0.4 is 5.32 Å². The van der Waals surface area contributed by atoms with Gasteiger partial charge < -0.3 is 10.4 Å². The zero-order chi connectivity index (χ0) is 12.3. The minimum absolute atomic E-state index is 0.253. The minimum Gasteiger partial charge on any atom is -0.382 e. The first kappa shape index (κ1) is 12.7. The van der Waals surface area contributed by atoms with Crippen molar-refractivity contribution in [3.63, 3.8) is 0 Å². The van der Waals surface area contributed by atoms with Gasteiger partial charge >= 0.3 is 6.18 Å². The number of nitrogens with zero attached hydrogens (tertiary/aromatic N) is 2. The summed E-state index contributed by atoms with van der Waals surface area (Å²) in [7, 11) is 0. The number of halogens is 3. The van der Waals surface area contributed by atoms with Gasteiger partial charge in [-0.2, -0.15) is 13.2 Å². The number of hydrogen-bond acceptors (Lipinski definition) is 4. The molecular formula is C9H12F3N3O. The topological polar surface area (TPSA) is 58.0 Å². The Hall–Kier alpha value is -1.37. The van der Waals surface area contributed by atoms with Gasteiger partial charge in [-0.25, -0.2) is 4.98 Å². The van der Waals surface area contributed by atoms with E-state index in [2.05, 4.69) is 15.3 Å². The van der Waals surface area contributed by atoms with E-state index in [1.54, 1.807) is 13.8 Å². The summed E-state index contributed by atoms with van der Waals surface area (Å²) in [6, 6.07) is 0. The lowest BCUT2D eigenvalue weighted by molar-refractivity contribution is -0.198. The van der Waals surface area contributed by atoms with Crippen LogP contribution in [0.1, 0.15) is 11.4 Å². The molecule has 0 saturated carbocycles. The molecule has 0 spiro atoms. The van der Waals surface area contributed by atoms with Crippen LogP contribution in [-0.4, -0.2) is 33.9 Å². The molecule has 7 heteroatoms. The molecule has 0 aliphatic rings. The van der Waals surface area contributed by atoms with Gasteiger partial charge in [0.2, 0.25) is 0 Å². The van der Waals surface area contributed by atoms with Crippen molar-refractivity contribution in [1.29, 1.82) is 0 Å². The fourth-order valence-corrected chi connectivity index (χ4v) is 1.01. The van der Waals surface area contributed by atoms with Gasteiger partial charge in [-0.05, 0) is 13.8 Å². The van der Waals surface area contributed by atoms with Crippen LogP contribution in [0.15, 0.2) is 6.20 Å². The lowest BCUT2D eigenvalue weighted by Gasteiger charge is -2.16. The first-order chi connectivity index (χ1) is 7.30. The summed E-state index contributed by atoms with van der Waals surface area (Å²) >= 11 is 0. The predicted molar refractivity (Wildman–Crippen MR) is 52.1 cm³/mol. The number of aliphatic hydroxyl groups is 1. The number of nitrogens with one attached hydrogen (secondary N) is 1. The molecule has 1 atom stereocenters. The molecule has 1 aromatic rings. The maximum atomic E-state index is 12.0. The van der Waals surface area contributed by atoms with E-state index in [4.69, 9.17) is 5.11 Å². The van der Waals surface area contributed by atoms with Crippen LogP contribution in [0.4, 0.5) is 19.0 Å². The minimum atomic E-state index is -4.63. The zero-order valence-corrected chi connectivity index (χ0v) is 8.84. The van der Waals surface area contributed by atoms with Gasteiger partial charge in [0.25, 0.3) is 0 Å². The molecule has 1 aromatic heterocycles. The molecule has 0 amide bonds. The molecule has 0 bridgehead atoms. The largest absolute Gasteiger partial charge is 0.416 e. The molecule has 4 nitrogen and oxygen atoms in total. The van der Waals surface area contributed by atoms with Crippen molar-refractivity contribution in [2.24, 2.45) is 0 Å². The van der Waals surface area contributed by atoms with Gasteiger partial charge in [-0.15, -0.1) is 0 Å². The number of rotatable bonds is 3. The van der Waals surface area contributed by atoms with Gasteiger partial charge in [0.1, 0.15) is 5.82 Å². The van der Waals surface area contributed by atoms with Crippen LogP contribution in [0, 0.1) is 13.8 Å². The number of aliphatic hydroxyl groups excluding tert-OH is 1. The van der Waals surface area contributed by atoms with Crippen molar-refractivity contribution < 1.29 is 18.3 Å². The van der Waals surface area contributed by atoms with Crippen LogP contribution in [0.3, 0.4) is 0 Å². The smallest absolute Gasteiger partial charge is 0.382 e. The second-order valence-corrected chi connectivity index (χ2v) is 3.38. The van der Waals surface area contributed by atoms with Crippen LogP contribution in [-0.2, 0) is 0 Å². The number of anilines is 1. The van der Waals surface area contributed by atoms with Crippen LogP contribution in [0.2, 0.25) is 0 Å². The third kappa shape index (κ3) is 3.34. The van der Waals surface area contributed by atoms with E-state index in [0.717, 1.165) is 0 Å². The van der Waals surface area contributed by atoms with E-state index < -0.39 is 18.8 Å². The van der Waals surface area contributed by atoms with Crippen molar-refractivity contribution in [1.82, 2.24) is 9.97 Å². The monoisotopic (exact) mass is 235 g/mol.